The molecule has 10 nitrogen and oxygen atoms in total. The SMILES string of the molecule is CN(C(=O)c1cccc(F)c1)c1ccc2nc(N)n(C(=O)NS(=O)(=O)N(C)C)c2c1. The van der Waals surface area contributed by atoms with Gasteiger partial charge in [-0.2, -0.15) is 12.7 Å². The molecule has 3 N–H and O–H groups in total. The highest BCUT2D eigenvalue weighted by atomic mass is 32.2. The molecule has 158 valence electrons. The largest absolute Gasteiger partial charge is 0.369 e. The van der Waals surface area contributed by atoms with Crippen LogP contribution in [0.2, 0.25) is 0 Å². The quantitative estimate of drug-likeness (QED) is 0.638. The van der Waals surface area contributed by atoms with E-state index in [1.54, 1.807) is 6.07 Å². The van der Waals surface area contributed by atoms with Crippen molar-refractivity contribution >= 4 is 44.8 Å². The maximum absolute atomic E-state index is 13.4. The Labute approximate surface area is 171 Å². The Kier molecular flexibility index (Phi) is 5.46. The maximum atomic E-state index is 13.4. The number of anilines is 2. The molecule has 0 spiro atoms. The molecular formula is C18H19FN6O4S. The van der Waals surface area contributed by atoms with Crippen molar-refractivity contribution < 1.29 is 22.4 Å². The number of nitrogens with zero attached hydrogens (tertiary/aromatic N) is 4. The highest BCUT2D eigenvalue weighted by Crippen LogP contribution is 2.25. The molecule has 0 bridgehead atoms. The van der Waals surface area contributed by atoms with Crippen molar-refractivity contribution in [2.75, 3.05) is 31.8 Å². The standard InChI is InChI=1S/C18H19FN6O4S/c1-23(2)30(28,29)22-18(27)25-15-10-13(7-8-14(15)21-17(25)20)24(3)16(26)11-5-4-6-12(19)9-11/h4-10H,1-3H3,(H2,20,21)(H,22,27). The van der Waals surface area contributed by atoms with Gasteiger partial charge in [-0.25, -0.2) is 23.5 Å². The summed E-state index contributed by atoms with van der Waals surface area (Å²) in [6, 6.07) is 8.76. The number of carbonyl (C=O) groups is 2. The molecule has 0 unspecified atom stereocenters. The number of hydrogen-bond acceptors (Lipinski definition) is 6. The van der Waals surface area contributed by atoms with Gasteiger partial charge in [0.25, 0.3) is 5.91 Å². The van der Waals surface area contributed by atoms with Gasteiger partial charge in [-0.05, 0) is 36.4 Å². The van der Waals surface area contributed by atoms with E-state index in [2.05, 4.69) is 4.98 Å². The molecule has 0 aliphatic heterocycles. The first-order valence-electron chi connectivity index (χ1n) is 8.57. The first-order valence-corrected chi connectivity index (χ1v) is 10.0. The second-order valence-electron chi connectivity index (χ2n) is 6.55. The zero-order valence-electron chi connectivity index (χ0n) is 16.3. The highest BCUT2D eigenvalue weighted by molar-refractivity contribution is 7.87. The van der Waals surface area contributed by atoms with Crippen LogP contribution in [0.15, 0.2) is 42.5 Å². The van der Waals surface area contributed by atoms with E-state index < -0.39 is 28.0 Å². The van der Waals surface area contributed by atoms with E-state index in [1.807, 2.05) is 4.72 Å². The number of amides is 2. The molecular weight excluding hydrogens is 415 g/mol. The molecule has 3 aromatic rings. The van der Waals surface area contributed by atoms with Gasteiger partial charge in [0.05, 0.1) is 11.0 Å². The van der Waals surface area contributed by atoms with E-state index in [-0.39, 0.29) is 17.0 Å². The average molecular weight is 434 g/mol. The van der Waals surface area contributed by atoms with Crippen molar-refractivity contribution in [3.05, 3.63) is 53.8 Å². The molecule has 3 rings (SSSR count). The number of halogens is 1. The normalized spacial score (nSPS) is 11.6. The fourth-order valence-corrected chi connectivity index (χ4v) is 3.18. The van der Waals surface area contributed by atoms with E-state index in [4.69, 9.17) is 5.73 Å². The summed E-state index contributed by atoms with van der Waals surface area (Å²) in [5.41, 5.74) is 6.81. The first kappa shape index (κ1) is 21.2. The molecule has 0 saturated carbocycles. The van der Waals surface area contributed by atoms with Crippen LogP contribution >= 0.6 is 0 Å². The summed E-state index contributed by atoms with van der Waals surface area (Å²) in [6.45, 7) is 0. The lowest BCUT2D eigenvalue weighted by atomic mass is 10.2. The Hall–Kier alpha value is -3.51. The Morgan fingerprint density at radius 3 is 2.47 bits per heavy atom. The van der Waals surface area contributed by atoms with Gasteiger partial charge < -0.3 is 10.6 Å². The first-order chi connectivity index (χ1) is 14.0. The van der Waals surface area contributed by atoms with Gasteiger partial charge in [0.1, 0.15) is 5.82 Å². The van der Waals surface area contributed by atoms with Crippen molar-refractivity contribution in [1.82, 2.24) is 18.6 Å². The molecule has 0 saturated heterocycles. The van der Waals surface area contributed by atoms with Gasteiger partial charge in [0.2, 0.25) is 5.95 Å². The summed E-state index contributed by atoms with van der Waals surface area (Å²) in [7, 11) is -0.0581. The third-order valence-corrected chi connectivity index (χ3v) is 5.72. The molecule has 1 heterocycles. The van der Waals surface area contributed by atoms with Crippen LogP contribution in [0.25, 0.3) is 11.0 Å². The van der Waals surface area contributed by atoms with Crippen molar-refractivity contribution in [2.45, 2.75) is 0 Å². The Bertz CT molecular complexity index is 1250. The Morgan fingerprint density at radius 2 is 1.83 bits per heavy atom. The van der Waals surface area contributed by atoms with Crippen molar-refractivity contribution in [2.24, 2.45) is 0 Å². The molecule has 0 aliphatic carbocycles. The summed E-state index contributed by atoms with van der Waals surface area (Å²) >= 11 is 0. The maximum Gasteiger partial charge on any atom is 0.343 e. The van der Waals surface area contributed by atoms with Gasteiger partial charge in [-0.15, -0.1) is 0 Å². The molecule has 0 aliphatic rings. The second-order valence-corrected chi connectivity index (χ2v) is 8.43. The summed E-state index contributed by atoms with van der Waals surface area (Å²) in [6.07, 6.45) is 0. The minimum absolute atomic E-state index is 0.139. The summed E-state index contributed by atoms with van der Waals surface area (Å²) in [4.78, 5) is 30.5. The van der Waals surface area contributed by atoms with Crippen LogP contribution in [0.3, 0.4) is 0 Å². The number of benzene rings is 2. The van der Waals surface area contributed by atoms with Crippen molar-refractivity contribution in [3.8, 4) is 0 Å². The van der Waals surface area contributed by atoms with E-state index in [1.165, 1.54) is 56.4 Å². The lowest BCUT2D eigenvalue weighted by molar-refractivity contribution is 0.0992. The minimum atomic E-state index is -4.06. The molecule has 0 fully saturated rings. The number of aromatic nitrogens is 2. The van der Waals surface area contributed by atoms with Gasteiger partial charge in [-0.1, -0.05) is 6.07 Å². The molecule has 12 heteroatoms. The highest BCUT2D eigenvalue weighted by Gasteiger charge is 2.23. The molecule has 30 heavy (non-hydrogen) atoms. The van der Waals surface area contributed by atoms with Gasteiger partial charge >= 0.3 is 16.2 Å². The molecule has 2 amide bonds. The van der Waals surface area contributed by atoms with Gasteiger partial charge in [0, 0.05) is 32.4 Å². The van der Waals surface area contributed by atoms with Gasteiger partial charge in [0.15, 0.2) is 0 Å². The van der Waals surface area contributed by atoms with Crippen LogP contribution in [-0.4, -0.2) is 55.4 Å². The van der Waals surface area contributed by atoms with Crippen LogP contribution < -0.4 is 15.4 Å². The Balaban J connectivity index is 2.00. The average Bonchev–Trinajstić information content (AvgIpc) is 3.01. The predicted octanol–water partition coefficient (Wildman–Crippen LogP) is 1.40. The number of nitrogens with one attached hydrogen (secondary N) is 1. The zero-order valence-corrected chi connectivity index (χ0v) is 17.1. The third kappa shape index (κ3) is 3.95. The zero-order chi connectivity index (χ0) is 22.2. The molecule has 0 radical (unpaired) electrons. The summed E-state index contributed by atoms with van der Waals surface area (Å²) < 4.78 is 41.0. The predicted molar refractivity (Wildman–Crippen MR) is 110 cm³/mol. The number of fused-ring (bicyclic) bond motifs is 1. The number of rotatable bonds is 4. The van der Waals surface area contributed by atoms with Crippen LogP contribution in [0, 0.1) is 5.82 Å². The van der Waals surface area contributed by atoms with E-state index in [0.717, 1.165) is 14.9 Å². The van der Waals surface area contributed by atoms with E-state index >= 15 is 0 Å². The van der Waals surface area contributed by atoms with E-state index in [9.17, 15) is 22.4 Å². The number of imidazole rings is 1. The number of carbonyl (C=O) groups excluding carboxylic acids is 2. The van der Waals surface area contributed by atoms with Crippen LogP contribution in [0.1, 0.15) is 10.4 Å². The van der Waals surface area contributed by atoms with E-state index in [0.29, 0.717) is 11.2 Å². The fraction of sp³-hybridized carbons (Fsp3) is 0.167. The third-order valence-electron chi connectivity index (χ3n) is 4.33. The molecule has 0 atom stereocenters. The lowest BCUT2D eigenvalue weighted by Gasteiger charge is -2.18. The van der Waals surface area contributed by atoms with Gasteiger partial charge in [-0.3, -0.25) is 4.79 Å². The Morgan fingerprint density at radius 1 is 1.13 bits per heavy atom. The number of nitrogens with two attached hydrogens (primary N) is 1. The van der Waals surface area contributed by atoms with Crippen LogP contribution in [0.4, 0.5) is 20.8 Å². The number of hydrogen-bond donors (Lipinski definition) is 2. The smallest absolute Gasteiger partial charge is 0.343 e. The van der Waals surface area contributed by atoms with Crippen molar-refractivity contribution in [1.29, 1.82) is 0 Å². The minimum Gasteiger partial charge on any atom is -0.369 e. The van der Waals surface area contributed by atoms with Crippen LogP contribution in [0.5, 0.6) is 0 Å². The fourth-order valence-electron chi connectivity index (χ4n) is 2.68. The monoisotopic (exact) mass is 434 g/mol. The summed E-state index contributed by atoms with van der Waals surface area (Å²) in [5, 5.41) is 0. The second kappa shape index (κ2) is 7.72. The van der Waals surface area contributed by atoms with Crippen LogP contribution in [-0.2, 0) is 10.2 Å². The summed E-state index contributed by atoms with van der Waals surface area (Å²) in [5.74, 6) is -1.26. The molecule has 1 aromatic heterocycles. The number of nitrogen functional groups attached to an aromatic ring is 1. The lowest BCUT2D eigenvalue weighted by Crippen LogP contribution is -2.41. The van der Waals surface area contributed by atoms with Crippen molar-refractivity contribution in [3.63, 3.8) is 0 Å². The topological polar surface area (TPSA) is 131 Å². The molecule has 2 aromatic carbocycles.